The summed E-state index contributed by atoms with van der Waals surface area (Å²) >= 11 is 6.08. The van der Waals surface area contributed by atoms with E-state index in [9.17, 15) is 17.9 Å². The Morgan fingerprint density at radius 3 is 2.37 bits per heavy atom. The van der Waals surface area contributed by atoms with Crippen LogP contribution >= 0.6 is 11.6 Å². The molecule has 0 atom stereocenters. The molecule has 2 aromatic heterocycles. The number of imidazole rings is 1. The second kappa shape index (κ2) is 9.83. The Morgan fingerprint density at radius 1 is 1.03 bits per heavy atom. The first-order valence-electron chi connectivity index (χ1n) is 11.6. The molecule has 5 rings (SSSR count). The predicted molar refractivity (Wildman–Crippen MR) is 143 cm³/mol. The van der Waals surface area contributed by atoms with E-state index in [4.69, 9.17) is 16.0 Å². The van der Waals surface area contributed by atoms with Gasteiger partial charge in [-0.2, -0.15) is 0 Å². The van der Waals surface area contributed by atoms with Gasteiger partial charge in [0.15, 0.2) is 22.0 Å². The quantitative estimate of drug-likeness (QED) is 0.271. The van der Waals surface area contributed by atoms with Gasteiger partial charge in [0.05, 0.1) is 22.9 Å². The second-order valence-electron chi connectivity index (χ2n) is 8.93. The second-order valence-corrected chi connectivity index (χ2v) is 11.4. The van der Waals surface area contributed by atoms with Crippen molar-refractivity contribution in [2.24, 2.45) is 0 Å². The van der Waals surface area contributed by atoms with Crippen LogP contribution in [0.25, 0.3) is 39.4 Å². The molecule has 0 aliphatic heterocycles. The monoisotopic (exact) mass is 551 g/mol. The maximum Gasteiger partial charge on any atom is 0.182 e. The zero-order chi connectivity index (χ0) is 27.2. The number of nitrogens with zero attached hydrogens (tertiary/aromatic N) is 3. The van der Waals surface area contributed by atoms with E-state index in [-0.39, 0.29) is 10.5 Å². The van der Waals surface area contributed by atoms with E-state index < -0.39 is 22.3 Å². The minimum atomic E-state index is -3.80. The molecule has 0 saturated carbocycles. The summed E-state index contributed by atoms with van der Waals surface area (Å²) < 4.78 is 47.4. The Balaban J connectivity index is 1.77. The van der Waals surface area contributed by atoms with Crippen molar-refractivity contribution in [3.63, 3.8) is 0 Å². The highest BCUT2D eigenvalue weighted by molar-refractivity contribution is 7.90. The van der Waals surface area contributed by atoms with E-state index in [1.165, 1.54) is 18.5 Å². The topological polar surface area (TPSA) is 98.2 Å². The number of oxazole rings is 1. The van der Waals surface area contributed by atoms with Gasteiger partial charge in [0.2, 0.25) is 0 Å². The fourth-order valence-corrected chi connectivity index (χ4v) is 5.56. The highest BCUT2D eigenvalue weighted by Crippen LogP contribution is 2.38. The van der Waals surface area contributed by atoms with Crippen molar-refractivity contribution in [2.45, 2.75) is 25.3 Å². The lowest BCUT2D eigenvalue weighted by Gasteiger charge is -2.15. The minimum Gasteiger partial charge on any atom is -0.443 e. The first-order chi connectivity index (χ1) is 18.1. The SMILES string of the molecule is Cc1cn(-c2ccc(-c3cc(F)c(CO)c(S(C)(=O)=O)c3)cc2-c2ncoc2-c2ccc(Cl)cc2)c(C)n1. The van der Waals surface area contributed by atoms with Crippen molar-refractivity contribution in [2.75, 3.05) is 6.26 Å². The van der Waals surface area contributed by atoms with E-state index in [1.54, 1.807) is 24.3 Å². The first-order valence-corrected chi connectivity index (χ1v) is 13.8. The number of hydrogen-bond donors (Lipinski definition) is 1. The summed E-state index contributed by atoms with van der Waals surface area (Å²) in [5, 5.41) is 10.2. The Morgan fingerprint density at radius 2 is 1.74 bits per heavy atom. The van der Waals surface area contributed by atoms with Gasteiger partial charge in [-0.1, -0.05) is 17.7 Å². The van der Waals surface area contributed by atoms with Gasteiger partial charge in [0.25, 0.3) is 0 Å². The predicted octanol–water partition coefficient (Wildman–Crippen LogP) is 6.17. The van der Waals surface area contributed by atoms with E-state index in [0.717, 1.165) is 29.0 Å². The van der Waals surface area contributed by atoms with Gasteiger partial charge < -0.3 is 14.1 Å². The van der Waals surface area contributed by atoms with Crippen LogP contribution in [0, 0.1) is 19.7 Å². The Kier molecular flexibility index (Phi) is 6.68. The van der Waals surface area contributed by atoms with Gasteiger partial charge >= 0.3 is 0 Å². The normalized spacial score (nSPS) is 11.7. The lowest BCUT2D eigenvalue weighted by atomic mass is 9.97. The third-order valence-electron chi connectivity index (χ3n) is 6.23. The van der Waals surface area contributed by atoms with Crippen molar-refractivity contribution in [3.8, 4) is 39.4 Å². The van der Waals surface area contributed by atoms with E-state index >= 15 is 0 Å². The van der Waals surface area contributed by atoms with Crippen LogP contribution in [0.4, 0.5) is 4.39 Å². The zero-order valence-corrected chi connectivity index (χ0v) is 22.3. The van der Waals surface area contributed by atoms with E-state index in [2.05, 4.69) is 9.97 Å². The average molecular weight is 552 g/mol. The van der Waals surface area contributed by atoms with Gasteiger partial charge in [-0.25, -0.2) is 22.8 Å². The molecule has 0 aliphatic rings. The molecule has 10 heteroatoms. The van der Waals surface area contributed by atoms with Crippen molar-refractivity contribution < 1.29 is 22.3 Å². The molecular formula is C28H23ClFN3O4S. The average Bonchev–Trinajstić information content (AvgIpc) is 3.49. The first kappa shape index (κ1) is 25.8. The van der Waals surface area contributed by atoms with Crippen LogP contribution in [0.2, 0.25) is 5.02 Å². The van der Waals surface area contributed by atoms with Crippen LogP contribution in [-0.4, -0.2) is 34.3 Å². The third-order valence-corrected chi connectivity index (χ3v) is 7.65. The number of aryl methyl sites for hydroxylation is 2. The Hall–Kier alpha value is -3.79. The Labute approximate surface area is 224 Å². The molecule has 0 amide bonds. The van der Waals surface area contributed by atoms with Crippen molar-refractivity contribution >= 4 is 21.4 Å². The highest BCUT2D eigenvalue weighted by Gasteiger charge is 2.22. The fourth-order valence-electron chi connectivity index (χ4n) is 4.48. The number of benzene rings is 3. The van der Waals surface area contributed by atoms with E-state index in [0.29, 0.717) is 33.2 Å². The highest BCUT2D eigenvalue weighted by atomic mass is 35.5. The molecule has 3 aromatic carbocycles. The number of sulfone groups is 1. The van der Waals surface area contributed by atoms with Crippen LogP contribution < -0.4 is 0 Å². The van der Waals surface area contributed by atoms with Gasteiger partial charge in [-0.3, -0.25) is 0 Å². The fraction of sp³-hybridized carbons (Fsp3) is 0.143. The van der Waals surface area contributed by atoms with Crippen molar-refractivity contribution in [1.29, 1.82) is 0 Å². The Bertz CT molecular complexity index is 1780. The van der Waals surface area contributed by atoms with Crippen molar-refractivity contribution in [3.05, 3.63) is 95.1 Å². The molecule has 1 N–H and O–H groups in total. The molecule has 5 aromatic rings. The lowest BCUT2D eigenvalue weighted by molar-refractivity contribution is 0.272. The number of hydrogen-bond acceptors (Lipinski definition) is 6. The molecule has 0 aliphatic carbocycles. The summed E-state index contributed by atoms with van der Waals surface area (Å²) in [6.07, 6.45) is 4.23. The smallest absolute Gasteiger partial charge is 0.182 e. The molecule has 0 spiro atoms. The zero-order valence-electron chi connectivity index (χ0n) is 20.7. The molecule has 0 radical (unpaired) electrons. The molecule has 7 nitrogen and oxygen atoms in total. The standard InChI is InChI=1S/C28H23ClFN3O4S/c1-16-13-33(17(2)32-16)25-9-6-19(20-11-24(30)23(14-34)26(12-20)38(3,35)36)10-22(25)27-28(37-15-31-27)18-4-7-21(29)8-5-18/h4-13,15,34H,14H2,1-3H3. The van der Waals surface area contributed by atoms with Gasteiger partial charge in [0.1, 0.15) is 17.3 Å². The number of rotatable bonds is 6. The maximum absolute atomic E-state index is 14.9. The van der Waals surface area contributed by atoms with Gasteiger partial charge in [-0.15, -0.1) is 0 Å². The summed E-state index contributed by atoms with van der Waals surface area (Å²) in [5.74, 6) is 0.458. The molecule has 38 heavy (non-hydrogen) atoms. The maximum atomic E-state index is 14.9. The molecule has 194 valence electrons. The van der Waals surface area contributed by atoms with E-state index in [1.807, 2.05) is 42.8 Å². The van der Waals surface area contributed by atoms with Gasteiger partial charge in [0, 0.05) is 34.2 Å². The summed E-state index contributed by atoms with van der Waals surface area (Å²) in [7, 11) is -3.80. The van der Waals surface area contributed by atoms with Crippen LogP contribution in [0.15, 0.2) is 76.5 Å². The number of aliphatic hydroxyl groups excluding tert-OH is 1. The molecular weight excluding hydrogens is 529 g/mol. The molecule has 0 saturated heterocycles. The minimum absolute atomic E-state index is 0.259. The number of aromatic nitrogens is 3. The van der Waals surface area contributed by atoms with Crippen LogP contribution in [-0.2, 0) is 16.4 Å². The van der Waals surface area contributed by atoms with Crippen LogP contribution in [0.1, 0.15) is 17.1 Å². The van der Waals surface area contributed by atoms with Crippen LogP contribution in [0.3, 0.4) is 0 Å². The molecule has 0 bridgehead atoms. The number of aliphatic hydroxyl groups is 1. The molecule has 2 heterocycles. The third kappa shape index (κ3) is 4.76. The largest absolute Gasteiger partial charge is 0.443 e. The molecule has 0 fully saturated rings. The molecule has 0 unspecified atom stereocenters. The van der Waals surface area contributed by atoms with Gasteiger partial charge in [-0.05, 0) is 73.5 Å². The lowest BCUT2D eigenvalue weighted by Crippen LogP contribution is -2.06. The van der Waals surface area contributed by atoms with Crippen molar-refractivity contribution in [1.82, 2.24) is 14.5 Å². The number of halogens is 2. The van der Waals surface area contributed by atoms with Crippen LogP contribution in [0.5, 0.6) is 0 Å². The summed E-state index contributed by atoms with van der Waals surface area (Å²) in [6.45, 7) is 3.04. The summed E-state index contributed by atoms with van der Waals surface area (Å²) in [4.78, 5) is 8.76. The summed E-state index contributed by atoms with van der Waals surface area (Å²) in [6, 6.07) is 15.2. The summed E-state index contributed by atoms with van der Waals surface area (Å²) in [5.41, 5.74) is 4.16.